The third-order valence-electron chi connectivity index (χ3n) is 4.29. The Morgan fingerprint density at radius 1 is 0.857 bits per heavy atom. The number of benzene rings is 2. The number of hydrogen-bond donors (Lipinski definition) is 0. The molecule has 0 unspecified atom stereocenters. The molecular weight excluding hydrogens is 370 g/mol. The molecule has 28 heavy (non-hydrogen) atoms. The SMILES string of the molecule is CCCn1nnnc1CSc1nnc(Cc2ccccc2)n1-c1ccccc1. The molecule has 0 saturated heterocycles. The molecule has 0 amide bonds. The van der Waals surface area contributed by atoms with E-state index in [-0.39, 0.29) is 0 Å². The summed E-state index contributed by atoms with van der Waals surface area (Å²) in [4.78, 5) is 0. The quantitative estimate of drug-likeness (QED) is 0.428. The van der Waals surface area contributed by atoms with Gasteiger partial charge in [0.05, 0.1) is 5.75 Å². The topological polar surface area (TPSA) is 74.3 Å². The highest BCUT2D eigenvalue weighted by molar-refractivity contribution is 7.98. The summed E-state index contributed by atoms with van der Waals surface area (Å²) in [5.74, 6) is 2.40. The Bertz CT molecular complexity index is 1010. The number of hydrogen-bond acceptors (Lipinski definition) is 6. The lowest BCUT2D eigenvalue weighted by atomic mass is 10.1. The van der Waals surface area contributed by atoms with Crippen molar-refractivity contribution in [3.63, 3.8) is 0 Å². The second-order valence-electron chi connectivity index (χ2n) is 6.34. The number of aromatic nitrogens is 7. The molecule has 0 spiro atoms. The molecule has 4 aromatic rings. The largest absolute Gasteiger partial charge is 0.274 e. The number of nitrogens with zero attached hydrogens (tertiary/aromatic N) is 7. The highest BCUT2D eigenvalue weighted by Gasteiger charge is 2.16. The zero-order valence-electron chi connectivity index (χ0n) is 15.6. The van der Waals surface area contributed by atoms with Crippen LogP contribution < -0.4 is 0 Å². The van der Waals surface area contributed by atoms with Crippen LogP contribution in [0.4, 0.5) is 0 Å². The van der Waals surface area contributed by atoms with Gasteiger partial charge in [-0.25, -0.2) is 4.68 Å². The van der Waals surface area contributed by atoms with Crippen molar-refractivity contribution in [2.24, 2.45) is 0 Å². The van der Waals surface area contributed by atoms with Crippen LogP contribution in [0.3, 0.4) is 0 Å². The minimum Gasteiger partial charge on any atom is -0.274 e. The minimum absolute atomic E-state index is 0.642. The van der Waals surface area contributed by atoms with Gasteiger partial charge in [0.1, 0.15) is 5.82 Å². The van der Waals surface area contributed by atoms with Gasteiger partial charge in [-0.05, 0) is 34.5 Å². The second-order valence-corrected chi connectivity index (χ2v) is 7.28. The van der Waals surface area contributed by atoms with Crippen LogP contribution in [0.5, 0.6) is 0 Å². The van der Waals surface area contributed by atoms with E-state index in [2.05, 4.69) is 61.5 Å². The molecule has 0 radical (unpaired) electrons. The molecule has 2 aromatic carbocycles. The minimum atomic E-state index is 0.642. The van der Waals surface area contributed by atoms with Crippen LogP contribution in [0.2, 0.25) is 0 Å². The van der Waals surface area contributed by atoms with E-state index < -0.39 is 0 Å². The van der Waals surface area contributed by atoms with Gasteiger partial charge in [0, 0.05) is 18.7 Å². The fourth-order valence-electron chi connectivity index (χ4n) is 2.96. The molecule has 0 bridgehead atoms. The molecule has 0 aliphatic rings. The van der Waals surface area contributed by atoms with Gasteiger partial charge < -0.3 is 0 Å². The Labute approximate surface area is 167 Å². The molecule has 142 valence electrons. The predicted octanol–water partition coefficient (Wildman–Crippen LogP) is 3.55. The molecule has 2 heterocycles. The average Bonchev–Trinajstić information content (AvgIpc) is 3.35. The van der Waals surface area contributed by atoms with Gasteiger partial charge in [-0.3, -0.25) is 4.57 Å². The first-order valence-corrected chi connectivity index (χ1v) is 10.2. The highest BCUT2D eigenvalue weighted by atomic mass is 32.2. The maximum atomic E-state index is 4.48. The normalized spacial score (nSPS) is 11.0. The van der Waals surface area contributed by atoms with E-state index in [1.54, 1.807) is 11.8 Å². The van der Waals surface area contributed by atoms with E-state index in [0.717, 1.165) is 41.9 Å². The maximum Gasteiger partial charge on any atom is 0.196 e. The Morgan fingerprint density at radius 2 is 1.61 bits per heavy atom. The number of para-hydroxylation sites is 1. The van der Waals surface area contributed by atoms with Crippen LogP contribution >= 0.6 is 11.8 Å². The van der Waals surface area contributed by atoms with Gasteiger partial charge in [-0.2, -0.15) is 0 Å². The summed E-state index contributed by atoms with van der Waals surface area (Å²) in [7, 11) is 0. The van der Waals surface area contributed by atoms with Crippen molar-refractivity contribution >= 4 is 11.8 Å². The van der Waals surface area contributed by atoms with Crippen LogP contribution in [0.15, 0.2) is 65.8 Å². The van der Waals surface area contributed by atoms with Crippen molar-refractivity contribution < 1.29 is 0 Å². The summed E-state index contributed by atoms with van der Waals surface area (Å²) in [6.45, 7) is 2.92. The Morgan fingerprint density at radius 3 is 2.36 bits per heavy atom. The van der Waals surface area contributed by atoms with Crippen LogP contribution in [0, 0.1) is 0 Å². The van der Waals surface area contributed by atoms with E-state index in [0.29, 0.717) is 5.75 Å². The summed E-state index contributed by atoms with van der Waals surface area (Å²) >= 11 is 1.60. The summed E-state index contributed by atoms with van der Waals surface area (Å²) in [6.07, 6.45) is 1.71. The number of aryl methyl sites for hydroxylation is 1. The number of tetrazole rings is 1. The van der Waals surface area contributed by atoms with Crippen molar-refractivity contribution in [2.75, 3.05) is 0 Å². The third kappa shape index (κ3) is 4.12. The highest BCUT2D eigenvalue weighted by Crippen LogP contribution is 2.25. The van der Waals surface area contributed by atoms with Crippen molar-refractivity contribution in [3.8, 4) is 5.69 Å². The Balaban J connectivity index is 1.62. The molecule has 8 heteroatoms. The molecule has 0 N–H and O–H groups in total. The van der Waals surface area contributed by atoms with E-state index in [1.807, 2.05) is 41.1 Å². The molecule has 0 saturated carbocycles. The lowest BCUT2D eigenvalue weighted by molar-refractivity contribution is 0.564. The van der Waals surface area contributed by atoms with Crippen molar-refractivity contribution in [1.82, 2.24) is 35.0 Å². The van der Waals surface area contributed by atoms with E-state index in [9.17, 15) is 0 Å². The smallest absolute Gasteiger partial charge is 0.196 e. The molecule has 7 nitrogen and oxygen atoms in total. The van der Waals surface area contributed by atoms with E-state index in [4.69, 9.17) is 0 Å². The maximum absolute atomic E-state index is 4.48. The summed E-state index contributed by atoms with van der Waals surface area (Å²) < 4.78 is 3.97. The first-order chi connectivity index (χ1) is 13.8. The number of thioether (sulfide) groups is 1. The zero-order chi connectivity index (χ0) is 19.2. The van der Waals surface area contributed by atoms with Crippen LogP contribution in [-0.2, 0) is 18.7 Å². The van der Waals surface area contributed by atoms with E-state index in [1.165, 1.54) is 5.56 Å². The summed E-state index contributed by atoms with van der Waals surface area (Å²) in [5.41, 5.74) is 2.25. The third-order valence-corrected chi connectivity index (χ3v) is 5.22. The van der Waals surface area contributed by atoms with Gasteiger partial charge in [0.15, 0.2) is 11.0 Å². The summed E-state index contributed by atoms with van der Waals surface area (Å²) in [6, 6.07) is 20.5. The van der Waals surface area contributed by atoms with Crippen LogP contribution in [0.25, 0.3) is 5.69 Å². The van der Waals surface area contributed by atoms with Gasteiger partial charge >= 0.3 is 0 Å². The molecular formula is C20H21N7S. The molecule has 4 rings (SSSR count). The van der Waals surface area contributed by atoms with Crippen molar-refractivity contribution in [3.05, 3.63) is 77.9 Å². The van der Waals surface area contributed by atoms with E-state index >= 15 is 0 Å². The van der Waals surface area contributed by atoms with Gasteiger partial charge in [0.2, 0.25) is 0 Å². The van der Waals surface area contributed by atoms with Gasteiger partial charge in [0.25, 0.3) is 0 Å². The lowest BCUT2D eigenvalue weighted by Crippen LogP contribution is -2.06. The van der Waals surface area contributed by atoms with Gasteiger partial charge in [-0.15, -0.1) is 15.3 Å². The Hall–Kier alpha value is -3.00. The lowest BCUT2D eigenvalue weighted by Gasteiger charge is -2.10. The Kier molecular flexibility index (Phi) is 5.77. The molecule has 0 fully saturated rings. The van der Waals surface area contributed by atoms with Crippen molar-refractivity contribution in [1.29, 1.82) is 0 Å². The number of rotatable bonds is 8. The molecule has 2 aromatic heterocycles. The first-order valence-electron chi connectivity index (χ1n) is 9.26. The first kappa shape index (κ1) is 18.4. The summed E-state index contributed by atoms with van der Waals surface area (Å²) in [5, 5.41) is 21.8. The monoisotopic (exact) mass is 391 g/mol. The molecule has 0 aliphatic carbocycles. The predicted molar refractivity (Wildman–Crippen MR) is 108 cm³/mol. The fraction of sp³-hybridized carbons (Fsp3) is 0.250. The standard InChI is InChI=1S/C20H21N7S/c1-2-13-26-19(22-24-25-26)15-28-20-23-21-18(14-16-9-5-3-6-10-16)27(20)17-11-7-4-8-12-17/h3-12H,2,13-15H2,1H3. The average molecular weight is 392 g/mol. The molecule has 0 aliphatic heterocycles. The van der Waals surface area contributed by atoms with Crippen LogP contribution in [0.1, 0.15) is 30.6 Å². The second kappa shape index (κ2) is 8.79. The van der Waals surface area contributed by atoms with Crippen molar-refractivity contribution in [2.45, 2.75) is 37.2 Å². The fourth-order valence-corrected chi connectivity index (χ4v) is 3.87. The zero-order valence-corrected chi connectivity index (χ0v) is 16.5. The van der Waals surface area contributed by atoms with Crippen LogP contribution in [-0.4, -0.2) is 35.0 Å². The van der Waals surface area contributed by atoms with Gasteiger partial charge in [-0.1, -0.05) is 67.2 Å². The molecule has 0 atom stereocenters.